The Bertz CT molecular complexity index is 1500. The van der Waals surface area contributed by atoms with Crippen LogP contribution in [0.4, 0.5) is 15.9 Å². The highest BCUT2D eigenvalue weighted by Gasteiger charge is 2.54. The maximum absolute atomic E-state index is 13.7. The van der Waals surface area contributed by atoms with Gasteiger partial charge in [0.1, 0.15) is 23.7 Å². The number of ether oxygens (including phenoxy) is 4. The predicted molar refractivity (Wildman–Crippen MR) is 155 cm³/mol. The summed E-state index contributed by atoms with van der Waals surface area (Å²) in [5.74, 6) is 2.22. The molecule has 0 amide bonds. The Balaban J connectivity index is 1.09. The van der Waals surface area contributed by atoms with Crippen LogP contribution in [0.15, 0.2) is 48.8 Å². The maximum atomic E-state index is 13.7. The van der Waals surface area contributed by atoms with Crippen molar-refractivity contribution in [1.29, 1.82) is 0 Å². The van der Waals surface area contributed by atoms with E-state index >= 15 is 0 Å². The highest BCUT2D eigenvalue weighted by Crippen LogP contribution is 2.50. The quantitative estimate of drug-likeness (QED) is 0.347. The van der Waals surface area contributed by atoms with E-state index in [9.17, 15) is 9.18 Å². The number of nitrogens with one attached hydrogen (secondary N) is 1. The lowest BCUT2D eigenvalue weighted by Crippen LogP contribution is -2.36. The standard InChI is InChI=1S/C31H32ClFN4O5/c32-25-10-19(3-4-26(25)33)36-31-21-9-18(8-20(38)2-1-5-37-12-29-30(13-37)41-7-6-40-29)28(11-27(21)34-17-35-31)42-16-24-22-14-39-15-23(22)24/h1-4,9-11,17,22-24,29-30H,5-8,12-16H2,(H,34,35,36)/b2-1+/t22?,23?,24?,29-,30+. The number of fused-ring (bicyclic) bond motifs is 3. The zero-order chi connectivity index (χ0) is 28.6. The number of carbonyl (C=O) groups excluding carboxylic acids is 1. The molecule has 4 atom stereocenters. The van der Waals surface area contributed by atoms with Gasteiger partial charge in [-0.2, -0.15) is 0 Å². The summed E-state index contributed by atoms with van der Waals surface area (Å²) in [5, 5.41) is 3.93. The van der Waals surface area contributed by atoms with Gasteiger partial charge in [-0.1, -0.05) is 17.7 Å². The summed E-state index contributed by atoms with van der Waals surface area (Å²) in [4.78, 5) is 24.3. The van der Waals surface area contributed by atoms with Gasteiger partial charge in [0.25, 0.3) is 0 Å². The largest absolute Gasteiger partial charge is 0.493 e. The van der Waals surface area contributed by atoms with E-state index in [4.69, 9.17) is 30.5 Å². The molecule has 1 aromatic heterocycles. The van der Waals surface area contributed by atoms with E-state index in [-0.39, 0.29) is 29.4 Å². The number of aromatic nitrogens is 2. The van der Waals surface area contributed by atoms with E-state index < -0.39 is 5.82 Å². The first-order valence-corrected chi connectivity index (χ1v) is 14.7. The number of hydrogen-bond donors (Lipinski definition) is 1. The van der Waals surface area contributed by atoms with E-state index in [1.165, 1.54) is 18.5 Å². The fraction of sp³-hybridized carbons (Fsp3) is 0.452. The molecule has 42 heavy (non-hydrogen) atoms. The molecule has 3 saturated heterocycles. The van der Waals surface area contributed by atoms with E-state index in [2.05, 4.69) is 20.2 Å². The molecule has 220 valence electrons. The Hall–Kier alpha value is -3.15. The molecule has 2 unspecified atom stereocenters. The second-order valence-electron chi connectivity index (χ2n) is 11.4. The molecule has 7 rings (SSSR count). The zero-order valence-electron chi connectivity index (χ0n) is 23.0. The summed E-state index contributed by atoms with van der Waals surface area (Å²) < 4.78 is 37.1. The van der Waals surface area contributed by atoms with Gasteiger partial charge in [-0.05, 0) is 42.2 Å². The van der Waals surface area contributed by atoms with Crippen molar-refractivity contribution in [3.63, 3.8) is 0 Å². The smallest absolute Gasteiger partial charge is 0.159 e. The number of rotatable bonds is 10. The first-order valence-electron chi connectivity index (χ1n) is 14.4. The van der Waals surface area contributed by atoms with Gasteiger partial charge < -0.3 is 24.3 Å². The number of ketones is 1. The Labute approximate surface area is 247 Å². The Morgan fingerprint density at radius 3 is 2.67 bits per heavy atom. The van der Waals surface area contributed by atoms with Crippen LogP contribution >= 0.6 is 11.6 Å². The normalized spacial score (nSPS) is 26.9. The van der Waals surface area contributed by atoms with Crippen LogP contribution in [-0.4, -0.2) is 85.5 Å². The molecule has 4 aliphatic rings. The number of hydrogen-bond acceptors (Lipinski definition) is 9. The molecule has 3 aromatic rings. The average Bonchev–Trinajstić information content (AvgIpc) is 3.28. The number of benzene rings is 2. The fourth-order valence-corrected chi connectivity index (χ4v) is 6.45. The van der Waals surface area contributed by atoms with Crippen molar-refractivity contribution in [1.82, 2.24) is 14.9 Å². The lowest BCUT2D eigenvalue weighted by Gasteiger charge is -2.24. The molecule has 9 nitrogen and oxygen atoms in total. The molecule has 1 N–H and O–H groups in total. The van der Waals surface area contributed by atoms with Gasteiger partial charge in [-0.3, -0.25) is 9.69 Å². The molecule has 0 spiro atoms. The van der Waals surface area contributed by atoms with Crippen molar-refractivity contribution in [3.05, 3.63) is 65.2 Å². The molecule has 1 saturated carbocycles. The Morgan fingerprint density at radius 1 is 1.12 bits per heavy atom. The maximum Gasteiger partial charge on any atom is 0.159 e. The van der Waals surface area contributed by atoms with Crippen LogP contribution in [0.25, 0.3) is 10.9 Å². The topological polar surface area (TPSA) is 95.0 Å². The molecular formula is C31H32ClFN4O5. The highest BCUT2D eigenvalue weighted by atomic mass is 35.5. The Kier molecular flexibility index (Phi) is 7.81. The number of allylic oxidation sites excluding steroid dienone is 1. The molecule has 1 aliphatic carbocycles. The molecule has 11 heteroatoms. The van der Waals surface area contributed by atoms with Crippen molar-refractivity contribution in [2.24, 2.45) is 17.8 Å². The number of nitrogens with zero attached hydrogens (tertiary/aromatic N) is 3. The van der Waals surface area contributed by atoms with Gasteiger partial charge in [-0.25, -0.2) is 14.4 Å². The summed E-state index contributed by atoms with van der Waals surface area (Å²) in [6.45, 7) is 5.68. The van der Waals surface area contributed by atoms with Crippen LogP contribution in [0, 0.1) is 23.6 Å². The van der Waals surface area contributed by atoms with Crippen LogP contribution in [0.5, 0.6) is 5.75 Å². The van der Waals surface area contributed by atoms with Crippen molar-refractivity contribution >= 4 is 39.8 Å². The molecule has 3 aliphatic heterocycles. The molecule has 2 aromatic carbocycles. The molecular weight excluding hydrogens is 563 g/mol. The third kappa shape index (κ3) is 5.87. The minimum atomic E-state index is -0.499. The first-order chi connectivity index (χ1) is 20.5. The summed E-state index contributed by atoms with van der Waals surface area (Å²) in [6.07, 6.45) is 5.38. The van der Waals surface area contributed by atoms with Crippen LogP contribution in [0.2, 0.25) is 5.02 Å². The average molecular weight is 595 g/mol. The van der Waals surface area contributed by atoms with Crippen molar-refractivity contribution < 1.29 is 28.1 Å². The molecule has 0 radical (unpaired) electrons. The van der Waals surface area contributed by atoms with Crippen molar-refractivity contribution in [2.75, 3.05) is 58.0 Å². The van der Waals surface area contributed by atoms with Gasteiger partial charge in [0, 0.05) is 54.7 Å². The van der Waals surface area contributed by atoms with Crippen LogP contribution in [0.3, 0.4) is 0 Å². The van der Waals surface area contributed by atoms with Gasteiger partial charge in [-0.15, -0.1) is 0 Å². The van der Waals surface area contributed by atoms with Crippen LogP contribution < -0.4 is 10.1 Å². The summed E-state index contributed by atoms with van der Waals surface area (Å²) >= 11 is 5.99. The van der Waals surface area contributed by atoms with E-state index in [0.29, 0.717) is 72.3 Å². The number of halogens is 2. The number of likely N-dealkylation sites (tertiary alicyclic amines) is 1. The molecule has 4 fully saturated rings. The minimum absolute atomic E-state index is 0.00936. The zero-order valence-corrected chi connectivity index (χ0v) is 23.8. The second-order valence-corrected chi connectivity index (χ2v) is 11.8. The predicted octanol–water partition coefficient (Wildman–Crippen LogP) is 4.20. The third-order valence-electron chi connectivity index (χ3n) is 8.63. The summed E-state index contributed by atoms with van der Waals surface area (Å²) in [7, 11) is 0. The highest BCUT2D eigenvalue weighted by molar-refractivity contribution is 6.31. The molecule has 0 bridgehead atoms. The summed E-state index contributed by atoms with van der Waals surface area (Å²) in [6, 6.07) is 8.16. The van der Waals surface area contributed by atoms with Gasteiger partial charge in [0.2, 0.25) is 0 Å². The lowest BCUT2D eigenvalue weighted by atomic mass is 10.0. The monoisotopic (exact) mass is 594 g/mol. The minimum Gasteiger partial charge on any atom is -0.493 e. The second kappa shape index (κ2) is 11.9. The van der Waals surface area contributed by atoms with E-state index in [1.807, 2.05) is 18.2 Å². The summed E-state index contributed by atoms with van der Waals surface area (Å²) in [5.41, 5.74) is 2.01. The van der Waals surface area contributed by atoms with E-state index in [1.54, 1.807) is 12.1 Å². The number of carbonyl (C=O) groups is 1. The van der Waals surface area contributed by atoms with Crippen LogP contribution in [0.1, 0.15) is 5.56 Å². The fourth-order valence-electron chi connectivity index (χ4n) is 6.27. The third-order valence-corrected chi connectivity index (χ3v) is 8.92. The van der Waals surface area contributed by atoms with Gasteiger partial charge >= 0.3 is 0 Å². The Morgan fingerprint density at radius 2 is 1.90 bits per heavy atom. The first kappa shape index (κ1) is 27.7. The SMILES string of the molecule is O=C(/C=C/CN1C[C@@H]2OCCO[C@@H]2C1)Cc1cc2c(Nc3ccc(F)c(Cl)c3)ncnc2cc1OCC1C2COCC21. The van der Waals surface area contributed by atoms with Gasteiger partial charge in [0.15, 0.2) is 5.78 Å². The number of anilines is 2. The van der Waals surface area contributed by atoms with E-state index in [0.717, 1.165) is 31.9 Å². The van der Waals surface area contributed by atoms with Crippen molar-refractivity contribution in [2.45, 2.75) is 18.6 Å². The van der Waals surface area contributed by atoms with Crippen molar-refractivity contribution in [3.8, 4) is 5.75 Å². The van der Waals surface area contributed by atoms with Gasteiger partial charge in [0.05, 0.1) is 55.8 Å². The van der Waals surface area contributed by atoms with Crippen LogP contribution in [-0.2, 0) is 25.4 Å². The molecule has 4 heterocycles. The lowest BCUT2D eigenvalue weighted by molar-refractivity contribution is -0.116.